The van der Waals surface area contributed by atoms with Crippen molar-refractivity contribution in [2.45, 2.75) is 0 Å². The van der Waals surface area contributed by atoms with Crippen molar-refractivity contribution in [3.63, 3.8) is 0 Å². The Hall–Kier alpha value is -3.79. The predicted molar refractivity (Wildman–Crippen MR) is 120 cm³/mol. The zero-order valence-corrected chi connectivity index (χ0v) is 18.2. The van der Waals surface area contributed by atoms with Crippen LogP contribution in [0.5, 0.6) is 5.75 Å². The van der Waals surface area contributed by atoms with Gasteiger partial charge >= 0.3 is 0 Å². The van der Waals surface area contributed by atoms with Crippen molar-refractivity contribution in [1.29, 1.82) is 0 Å². The van der Waals surface area contributed by atoms with E-state index in [2.05, 4.69) is 20.3 Å². The maximum Gasteiger partial charge on any atom is 0.260 e. The minimum atomic E-state index is -0.369. The minimum Gasteiger partial charge on any atom is -0.484 e. The van der Waals surface area contributed by atoms with Gasteiger partial charge in [-0.1, -0.05) is 22.9 Å². The van der Waals surface area contributed by atoms with Gasteiger partial charge in [0.05, 0.1) is 5.69 Å². The number of hydrogen-bond donors (Lipinski definition) is 0. The van der Waals surface area contributed by atoms with Crippen LogP contribution in [0.4, 0.5) is 10.2 Å². The first-order valence-electron chi connectivity index (χ1n) is 10.3. The van der Waals surface area contributed by atoms with E-state index in [1.165, 1.54) is 23.1 Å². The molecule has 1 saturated heterocycles. The van der Waals surface area contributed by atoms with Gasteiger partial charge in [-0.05, 0) is 42.5 Å². The summed E-state index contributed by atoms with van der Waals surface area (Å²) in [6.07, 6.45) is 1.44. The first-order valence-corrected chi connectivity index (χ1v) is 10.7. The normalized spacial score (nSPS) is 14.0. The van der Waals surface area contributed by atoms with Crippen molar-refractivity contribution in [2.75, 3.05) is 37.7 Å². The largest absolute Gasteiger partial charge is 0.484 e. The van der Waals surface area contributed by atoms with E-state index in [0.29, 0.717) is 59.6 Å². The van der Waals surface area contributed by atoms with Gasteiger partial charge in [0.1, 0.15) is 17.9 Å². The van der Waals surface area contributed by atoms with Crippen molar-refractivity contribution < 1.29 is 13.9 Å². The number of rotatable bonds is 5. The van der Waals surface area contributed by atoms with Crippen LogP contribution in [0.2, 0.25) is 5.02 Å². The number of ether oxygens (including phenoxy) is 1. The summed E-state index contributed by atoms with van der Waals surface area (Å²) in [6, 6.07) is 13.0. The highest BCUT2D eigenvalue weighted by atomic mass is 35.5. The van der Waals surface area contributed by atoms with Gasteiger partial charge in [-0.3, -0.25) is 4.79 Å². The van der Waals surface area contributed by atoms with E-state index in [1.54, 1.807) is 41.3 Å². The SMILES string of the molecule is O=C(COc1ccc(Cl)cc1)N1CCN(c2ncnc3c2nnn3-c2cccc(F)c2)CC1. The number of carbonyl (C=O) groups is 1. The van der Waals surface area contributed by atoms with Crippen molar-refractivity contribution in [2.24, 2.45) is 0 Å². The number of piperazine rings is 1. The van der Waals surface area contributed by atoms with E-state index < -0.39 is 0 Å². The Morgan fingerprint density at radius 3 is 2.61 bits per heavy atom. The summed E-state index contributed by atoms with van der Waals surface area (Å²) in [6.45, 7) is 2.15. The summed E-state index contributed by atoms with van der Waals surface area (Å²) in [5, 5.41) is 8.99. The van der Waals surface area contributed by atoms with Gasteiger partial charge in [-0.25, -0.2) is 14.4 Å². The van der Waals surface area contributed by atoms with E-state index in [4.69, 9.17) is 16.3 Å². The molecule has 0 saturated carbocycles. The number of amides is 1. The monoisotopic (exact) mass is 467 g/mol. The second-order valence-corrected chi connectivity index (χ2v) is 7.90. The molecule has 1 amide bonds. The molecule has 0 radical (unpaired) electrons. The average Bonchev–Trinajstić information content (AvgIpc) is 3.28. The summed E-state index contributed by atoms with van der Waals surface area (Å²) in [5.74, 6) is 0.768. The summed E-state index contributed by atoms with van der Waals surface area (Å²) >= 11 is 5.87. The Morgan fingerprint density at radius 1 is 1.06 bits per heavy atom. The summed E-state index contributed by atoms with van der Waals surface area (Å²) in [7, 11) is 0. The van der Waals surface area contributed by atoms with E-state index >= 15 is 0 Å². The lowest BCUT2D eigenvalue weighted by Crippen LogP contribution is -2.50. The van der Waals surface area contributed by atoms with E-state index in [9.17, 15) is 9.18 Å². The highest BCUT2D eigenvalue weighted by Crippen LogP contribution is 2.24. The first-order chi connectivity index (χ1) is 16.1. The van der Waals surface area contributed by atoms with Gasteiger partial charge in [-0.15, -0.1) is 5.10 Å². The molecular weight excluding hydrogens is 449 g/mol. The minimum absolute atomic E-state index is 0.0403. The molecule has 0 atom stereocenters. The number of nitrogens with zero attached hydrogens (tertiary/aromatic N) is 7. The fourth-order valence-corrected chi connectivity index (χ4v) is 3.81. The Bertz CT molecular complexity index is 1290. The molecule has 1 aliphatic heterocycles. The van der Waals surface area contributed by atoms with Gasteiger partial charge in [0, 0.05) is 31.2 Å². The number of anilines is 1. The average molecular weight is 468 g/mol. The third-order valence-electron chi connectivity index (χ3n) is 5.38. The molecule has 0 aliphatic carbocycles. The smallest absolute Gasteiger partial charge is 0.260 e. The van der Waals surface area contributed by atoms with Crippen LogP contribution in [0.3, 0.4) is 0 Å². The second kappa shape index (κ2) is 8.99. The molecule has 1 aliphatic rings. The van der Waals surface area contributed by atoms with Crippen LogP contribution in [0.25, 0.3) is 16.9 Å². The second-order valence-electron chi connectivity index (χ2n) is 7.46. The van der Waals surface area contributed by atoms with Gasteiger partial charge in [0.25, 0.3) is 5.91 Å². The van der Waals surface area contributed by atoms with Crippen LogP contribution in [0.15, 0.2) is 54.9 Å². The third-order valence-corrected chi connectivity index (χ3v) is 5.63. The number of benzene rings is 2. The molecule has 1 fully saturated rings. The van der Waals surface area contributed by atoms with Gasteiger partial charge in [0.15, 0.2) is 23.6 Å². The van der Waals surface area contributed by atoms with Crippen LogP contribution in [0.1, 0.15) is 0 Å². The predicted octanol–water partition coefficient (Wildman–Crippen LogP) is 2.73. The summed E-state index contributed by atoms with van der Waals surface area (Å²) in [4.78, 5) is 25.0. The number of halogens is 2. The van der Waals surface area contributed by atoms with E-state index in [0.717, 1.165) is 0 Å². The van der Waals surface area contributed by atoms with Crippen LogP contribution < -0.4 is 9.64 Å². The molecule has 168 valence electrons. The molecule has 2 aromatic carbocycles. The maximum atomic E-state index is 13.6. The van der Waals surface area contributed by atoms with Crippen LogP contribution >= 0.6 is 11.6 Å². The Kier molecular flexibility index (Phi) is 5.74. The van der Waals surface area contributed by atoms with Crippen molar-refractivity contribution >= 4 is 34.5 Å². The van der Waals surface area contributed by atoms with Crippen LogP contribution in [-0.2, 0) is 4.79 Å². The highest BCUT2D eigenvalue weighted by Gasteiger charge is 2.25. The molecule has 0 unspecified atom stereocenters. The highest BCUT2D eigenvalue weighted by molar-refractivity contribution is 6.30. The van der Waals surface area contributed by atoms with E-state index in [1.807, 2.05) is 4.90 Å². The molecule has 4 aromatic rings. The molecule has 33 heavy (non-hydrogen) atoms. The zero-order chi connectivity index (χ0) is 22.8. The number of hydrogen-bond acceptors (Lipinski definition) is 7. The van der Waals surface area contributed by atoms with Crippen molar-refractivity contribution in [1.82, 2.24) is 29.9 Å². The van der Waals surface area contributed by atoms with Gasteiger partial charge in [0.2, 0.25) is 0 Å². The number of carbonyl (C=O) groups excluding carboxylic acids is 1. The molecule has 9 nitrogen and oxygen atoms in total. The zero-order valence-electron chi connectivity index (χ0n) is 17.4. The lowest BCUT2D eigenvalue weighted by Gasteiger charge is -2.35. The molecule has 0 bridgehead atoms. The molecule has 2 aromatic heterocycles. The Labute approximate surface area is 193 Å². The molecule has 11 heteroatoms. The van der Waals surface area contributed by atoms with E-state index in [-0.39, 0.29) is 18.3 Å². The van der Waals surface area contributed by atoms with Crippen molar-refractivity contribution in [3.8, 4) is 11.4 Å². The standard InChI is InChI=1S/C22H19ClFN7O2/c23-15-4-6-18(7-5-15)33-13-19(32)29-8-10-30(11-9-29)21-20-22(26-14-25-21)31(28-27-20)17-3-1-2-16(24)12-17/h1-7,12,14H,8-11,13H2. The molecule has 3 heterocycles. The van der Waals surface area contributed by atoms with Gasteiger partial charge < -0.3 is 14.5 Å². The Balaban J connectivity index is 1.26. The first kappa shape index (κ1) is 21.1. The maximum absolute atomic E-state index is 13.6. The molecule has 0 spiro atoms. The lowest BCUT2D eigenvalue weighted by molar-refractivity contribution is -0.133. The molecular formula is C22H19ClFN7O2. The summed E-state index contributed by atoms with van der Waals surface area (Å²) < 4.78 is 20.7. The topological polar surface area (TPSA) is 89.3 Å². The lowest BCUT2D eigenvalue weighted by atomic mass is 10.3. The fraction of sp³-hybridized carbons (Fsp3) is 0.227. The van der Waals surface area contributed by atoms with Crippen LogP contribution in [0, 0.1) is 5.82 Å². The third kappa shape index (κ3) is 4.42. The Morgan fingerprint density at radius 2 is 1.85 bits per heavy atom. The van der Waals surface area contributed by atoms with Crippen LogP contribution in [-0.4, -0.2) is 68.6 Å². The van der Waals surface area contributed by atoms with Gasteiger partial charge in [-0.2, -0.15) is 4.68 Å². The van der Waals surface area contributed by atoms with Crippen molar-refractivity contribution in [3.05, 3.63) is 65.7 Å². The number of aromatic nitrogens is 5. The molecule has 0 N–H and O–H groups in total. The number of fused-ring (bicyclic) bond motifs is 1. The molecule has 5 rings (SSSR count). The quantitative estimate of drug-likeness (QED) is 0.446. The fourth-order valence-electron chi connectivity index (χ4n) is 3.68. The summed E-state index contributed by atoms with van der Waals surface area (Å²) in [5.41, 5.74) is 1.53.